The van der Waals surface area contributed by atoms with Crippen LogP contribution in [-0.4, -0.2) is 35.2 Å². The van der Waals surface area contributed by atoms with Crippen LogP contribution in [0.3, 0.4) is 0 Å². The number of esters is 1. The van der Waals surface area contributed by atoms with Crippen molar-refractivity contribution in [3.8, 4) is 5.75 Å². The Morgan fingerprint density at radius 1 is 1.32 bits per heavy atom. The molecular formula is C26H35ClFNO4S. The highest BCUT2D eigenvalue weighted by atomic mass is 35.5. The zero-order valence-electron chi connectivity index (χ0n) is 20.0. The van der Waals surface area contributed by atoms with Crippen LogP contribution in [0.15, 0.2) is 24.3 Å². The zero-order chi connectivity index (χ0) is 24.5. The van der Waals surface area contributed by atoms with Crippen LogP contribution >= 0.6 is 22.9 Å². The van der Waals surface area contributed by atoms with Crippen LogP contribution in [-0.2, 0) is 11.2 Å². The third-order valence-corrected chi connectivity index (χ3v) is 8.23. The third-order valence-electron chi connectivity index (χ3n) is 6.62. The molecule has 188 valence electrons. The summed E-state index contributed by atoms with van der Waals surface area (Å²) >= 11 is 7.69. The molecule has 1 aliphatic carbocycles. The summed E-state index contributed by atoms with van der Waals surface area (Å²) in [6.07, 6.45) is 7.96. The van der Waals surface area contributed by atoms with Crippen LogP contribution in [0.5, 0.6) is 5.75 Å². The maximum Gasteiger partial charge on any atom is 0.352 e. The van der Waals surface area contributed by atoms with Gasteiger partial charge in [-0.3, -0.25) is 0 Å². The summed E-state index contributed by atoms with van der Waals surface area (Å²) in [5.41, 5.74) is 0.890. The molecule has 4 atom stereocenters. The maximum absolute atomic E-state index is 13.9. The summed E-state index contributed by atoms with van der Waals surface area (Å²) < 4.78 is 24.6. The molecule has 34 heavy (non-hydrogen) atoms. The molecule has 2 unspecified atom stereocenters. The predicted octanol–water partition coefficient (Wildman–Crippen LogP) is 6.72. The van der Waals surface area contributed by atoms with Crippen LogP contribution in [0.1, 0.15) is 84.6 Å². The first-order valence-corrected chi connectivity index (χ1v) is 13.5. The number of thiazole rings is 1. The van der Waals surface area contributed by atoms with Crippen molar-refractivity contribution in [3.63, 3.8) is 0 Å². The molecule has 8 heteroatoms. The summed E-state index contributed by atoms with van der Waals surface area (Å²) in [6.45, 7) is 2.69. The minimum atomic E-state index is -0.752. The highest BCUT2D eigenvalue weighted by Crippen LogP contribution is 2.39. The first kappa shape index (κ1) is 26.9. The van der Waals surface area contributed by atoms with E-state index < -0.39 is 18.0 Å². The van der Waals surface area contributed by atoms with E-state index in [0.29, 0.717) is 24.0 Å². The first-order valence-electron chi connectivity index (χ1n) is 12.2. The van der Waals surface area contributed by atoms with Gasteiger partial charge >= 0.3 is 5.97 Å². The highest BCUT2D eigenvalue weighted by Gasteiger charge is 2.35. The molecule has 1 N–H and O–H groups in total. The van der Waals surface area contributed by atoms with Crippen molar-refractivity contribution < 1.29 is 23.8 Å². The zero-order valence-corrected chi connectivity index (χ0v) is 21.5. The number of rotatable bonds is 13. The molecule has 1 saturated carbocycles. The van der Waals surface area contributed by atoms with Gasteiger partial charge in [-0.1, -0.05) is 38.3 Å². The average Bonchev–Trinajstić information content (AvgIpc) is 3.39. The lowest BCUT2D eigenvalue weighted by molar-refractivity contribution is 0.0601. The summed E-state index contributed by atoms with van der Waals surface area (Å²) in [6, 6.07) is 7.72. The number of aliphatic hydroxyl groups excluding tert-OH is 1. The quantitative estimate of drug-likeness (QED) is 0.184. The van der Waals surface area contributed by atoms with Crippen molar-refractivity contribution >= 4 is 28.9 Å². The number of benzene rings is 1. The molecule has 3 rings (SSSR count). The van der Waals surface area contributed by atoms with Gasteiger partial charge in [0.05, 0.1) is 24.8 Å². The Bertz CT molecular complexity index is 924. The smallest absolute Gasteiger partial charge is 0.352 e. The van der Waals surface area contributed by atoms with Crippen LogP contribution in [0, 0.1) is 17.8 Å². The lowest BCUT2D eigenvalue weighted by Gasteiger charge is -2.22. The summed E-state index contributed by atoms with van der Waals surface area (Å²) in [5, 5.41) is 11.1. The van der Waals surface area contributed by atoms with E-state index in [9.17, 15) is 14.3 Å². The molecule has 0 saturated heterocycles. The second kappa shape index (κ2) is 13.4. The Morgan fingerprint density at radius 2 is 2.15 bits per heavy atom. The number of hydrogen-bond donors (Lipinski definition) is 1. The van der Waals surface area contributed by atoms with E-state index in [-0.39, 0.29) is 16.2 Å². The Morgan fingerprint density at radius 3 is 2.91 bits per heavy atom. The molecule has 5 nitrogen and oxygen atoms in total. The number of aliphatic hydroxyl groups is 1. The Balaban J connectivity index is 1.50. The van der Waals surface area contributed by atoms with Crippen LogP contribution in [0.25, 0.3) is 0 Å². The van der Waals surface area contributed by atoms with Gasteiger partial charge in [-0.05, 0) is 62.1 Å². The fourth-order valence-corrected chi connectivity index (χ4v) is 5.95. The second-order valence-corrected chi connectivity index (χ2v) is 10.7. The fourth-order valence-electron chi connectivity index (χ4n) is 4.64. The summed E-state index contributed by atoms with van der Waals surface area (Å²) in [7, 11) is 1.23. The van der Waals surface area contributed by atoms with E-state index >= 15 is 0 Å². The number of methoxy groups -OCH3 is 1. The Hall–Kier alpha value is -1.70. The average molecular weight is 512 g/mol. The number of unbranched alkanes of at least 4 members (excludes halogenated alkanes) is 2. The van der Waals surface area contributed by atoms with Crippen molar-refractivity contribution in [2.75, 3.05) is 13.7 Å². The van der Waals surface area contributed by atoms with E-state index in [2.05, 4.69) is 16.6 Å². The number of aromatic nitrogens is 1. The molecule has 0 spiro atoms. The standard InChI is InChI=1S/C26H35ClFNO4S/c1-3-4-5-11-22(30)18-9-6-10-19(15-18)33-16-20-17(13-14-21(20)27)8-7-12-23-29-25(28)24(34-23)26(31)32-2/h6,9-10,15,17,20-22,30H,3-5,7-8,11-14,16H2,1-2H3/t17-,20+,21?,22?/m0/s1. The number of aryl methyl sites for hydroxylation is 1. The molecule has 1 fully saturated rings. The first-order chi connectivity index (χ1) is 16.4. The number of carbonyl (C=O) groups excluding carboxylic acids is 1. The van der Waals surface area contributed by atoms with Gasteiger partial charge in [-0.2, -0.15) is 4.39 Å². The molecule has 0 radical (unpaired) electrons. The third kappa shape index (κ3) is 7.40. The van der Waals surface area contributed by atoms with Crippen molar-refractivity contribution in [3.05, 3.63) is 45.7 Å². The minimum absolute atomic E-state index is 0.0658. The largest absolute Gasteiger partial charge is 0.493 e. The van der Waals surface area contributed by atoms with E-state index in [1.54, 1.807) is 0 Å². The second-order valence-electron chi connectivity index (χ2n) is 9.02. The van der Waals surface area contributed by atoms with Crippen molar-refractivity contribution in [2.45, 2.75) is 76.2 Å². The number of nitrogens with zero attached hydrogens (tertiary/aromatic N) is 1. The van der Waals surface area contributed by atoms with Gasteiger partial charge in [0, 0.05) is 11.3 Å². The van der Waals surface area contributed by atoms with E-state index in [1.165, 1.54) is 7.11 Å². The van der Waals surface area contributed by atoms with Crippen molar-refractivity contribution in [1.82, 2.24) is 4.98 Å². The van der Waals surface area contributed by atoms with Gasteiger partial charge in [0.1, 0.15) is 5.75 Å². The molecule has 0 bridgehead atoms. The predicted molar refractivity (Wildman–Crippen MR) is 133 cm³/mol. The number of ether oxygens (including phenoxy) is 2. The molecule has 2 aromatic rings. The lowest BCUT2D eigenvalue weighted by atomic mass is 9.91. The van der Waals surface area contributed by atoms with E-state index in [0.717, 1.165) is 74.0 Å². The minimum Gasteiger partial charge on any atom is -0.493 e. The van der Waals surface area contributed by atoms with Gasteiger partial charge in [-0.25, -0.2) is 9.78 Å². The Kier molecular flexibility index (Phi) is 10.6. The van der Waals surface area contributed by atoms with Crippen molar-refractivity contribution in [2.24, 2.45) is 11.8 Å². The number of hydrogen-bond acceptors (Lipinski definition) is 6. The molecule has 1 aliphatic rings. The summed E-state index contributed by atoms with van der Waals surface area (Å²) in [5.74, 6) is -0.0156. The Labute approximate surface area is 210 Å². The highest BCUT2D eigenvalue weighted by molar-refractivity contribution is 7.13. The summed E-state index contributed by atoms with van der Waals surface area (Å²) in [4.78, 5) is 15.4. The topological polar surface area (TPSA) is 68.7 Å². The van der Waals surface area contributed by atoms with Crippen LogP contribution in [0.4, 0.5) is 4.39 Å². The maximum atomic E-state index is 13.9. The van der Waals surface area contributed by atoms with Gasteiger partial charge in [-0.15, -0.1) is 22.9 Å². The van der Waals surface area contributed by atoms with E-state index in [4.69, 9.17) is 16.3 Å². The molecule has 1 aromatic heterocycles. The van der Waals surface area contributed by atoms with Gasteiger partial charge in [0.15, 0.2) is 4.88 Å². The monoisotopic (exact) mass is 511 g/mol. The fraction of sp³-hybridized carbons (Fsp3) is 0.615. The molecule has 0 amide bonds. The van der Waals surface area contributed by atoms with Gasteiger partial charge in [0.2, 0.25) is 5.95 Å². The normalized spacial score (nSPS) is 20.9. The number of halogens is 2. The van der Waals surface area contributed by atoms with Gasteiger partial charge < -0.3 is 14.6 Å². The van der Waals surface area contributed by atoms with Crippen molar-refractivity contribution in [1.29, 1.82) is 0 Å². The van der Waals surface area contributed by atoms with Gasteiger partial charge in [0.25, 0.3) is 0 Å². The van der Waals surface area contributed by atoms with E-state index in [1.807, 2.05) is 24.3 Å². The SMILES string of the molecule is CCCCCC(O)c1cccc(OC[C@H]2C(Cl)CC[C@@H]2CCCc2nc(F)c(C(=O)OC)s2)c1. The number of alkyl halides is 1. The van der Waals surface area contributed by atoms with Crippen LogP contribution in [0.2, 0.25) is 0 Å². The lowest BCUT2D eigenvalue weighted by Crippen LogP contribution is -2.23. The molecule has 1 heterocycles. The van der Waals surface area contributed by atoms with Crippen LogP contribution < -0.4 is 4.74 Å². The molecular weight excluding hydrogens is 477 g/mol. The molecule has 0 aliphatic heterocycles. The number of carbonyl (C=O) groups is 1. The molecule has 1 aromatic carbocycles.